The number of anilines is 3. The summed E-state index contributed by atoms with van der Waals surface area (Å²) in [4.78, 5) is 26.4. The van der Waals surface area contributed by atoms with Crippen LogP contribution in [0, 0.1) is 5.82 Å². The number of carbonyl (C=O) groups excluding carboxylic acids is 1. The largest absolute Gasteiger partial charge is 0.383 e. The van der Waals surface area contributed by atoms with E-state index in [1.807, 2.05) is 6.20 Å². The van der Waals surface area contributed by atoms with Crippen LogP contribution in [0.5, 0.6) is 0 Å². The molecule has 0 bridgehead atoms. The molecule has 2 aliphatic rings. The van der Waals surface area contributed by atoms with Gasteiger partial charge in [0, 0.05) is 50.0 Å². The zero-order chi connectivity index (χ0) is 29.4. The molecular formula is C30H33Cl2FN8O. The summed E-state index contributed by atoms with van der Waals surface area (Å²) >= 11 is 12.3. The second-order valence-electron chi connectivity index (χ2n) is 11.1. The number of likely N-dealkylation sites (N-methyl/N-ethyl adjacent to an activating group) is 1. The number of urea groups is 1. The molecule has 220 valence electrons. The summed E-state index contributed by atoms with van der Waals surface area (Å²) < 4.78 is 17.5. The highest BCUT2D eigenvalue weighted by Gasteiger charge is 2.30. The highest BCUT2D eigenvalue weighted by Crippen LogP contribution is 2.39. The average molecular weight is 612 g/mol. The van der Waals surface area contributed by atoms with Crippen molar-refractivity contribution in [3.05, 3.63) is 64.8 Å². The lowest BCUT2D eigenvalue weighted by molar-refractivity contribution is 0.0828. The molecule has 0 atom stereocenters. The van der Waals surface area contributed by atoms with Crippen LogP contribution in [0.15, 0.2) is 48.9 Å². The van der Waals surface area contributed by atoms with E-state index in [0.29, 0.717) is 22.8 Å². The van der Waals surface area contributed by atoms with Gasteiger partial charge in [0.15, 0.2) is 0 Å². The molecule has 0 unspecified atom stereocenters. The molecule has 2 aromatic heterocycles. The second kappa shape index (κ2) is 12.0. The summed E-state index contributed by atoms with van der Waals surface area (Å²) in [5, 5.41) is 6.35. The zero-order valence-electron chi connectivity index (χ0n) is 23.3. The van der Waals surface area contributed by atoms with Crippen LogP contribution in [-0.2, 0) is 0 Å². The molecule has 1 saturated carbocycles. The number of hydrogen-bond donors (Lipinski definition) is 3. The van der Waals surface area contributed by atoms with E-state index in [9.17, 15) is 4.79 Å². The monoisotopic (exact) mass is 610 g/mol. The number of rotatable bonds is 5. The fourth-order valence-electron chi connectivity index (χ4n) is 6.16. The highest BCUT2D eigenvalue weighted by molar-refractivity contribution is 6.39. The van der Waals surface area contributed by atoms with E-state index in [1.165, 1.54) is 18.5 Å². The number of amides is 2. The summed E-state index contributed by atoms with van der Waals surface area (Å²) in [5.41, 5.74) is 8.72. The van der Waals surface area contributed by atoms with Crippen LogP contribution in [0.25, 0.3) is 22.2 Å². The third-order valence-electron chi connectivity index (χ3n) is 8.48. The Labute approximate surface area is 253 Å². The van der Waals surface area contributed by atoms with Gasteiger partial charge in [-0.2, -0.15) is 0 Å². The number of nitrogens with zero attached hydrogens (tertiary/aromatic N) is 5. The standard InChI is InChI=1S/C30H33Cl2FN8O/c1-39-11-13-40(14-12-39)19-6-8-20(9-7-19)41-16-21(26-28(34)35-17-36-29(26)41)18-5-10-25(24(33)15-18)37-30(42)38-27-22(31)3-2-4-23(27)32/h2-5,10,15-17,19-20H,6-9,11-14H2,1H3,(H2,34,35,36)(H2,37,38,42). The molecule has 2 amide bonds. The van der Waals surface area contributed by atoms with Gasteiger partial charge in [-0.25, -0.2) is 19.2 Å². The van der Waals surface area contributed by atoms with Crippen LogP contribution < -0.4 is 16.4 Å². The van der Waals surface area contributed by atoms with Crippen LogP contribution in [-0.4, -0.2) is 69.6 Å². The third kappa shape index (κ3) is 5.76. The highest BCUT2D eigenvalue weighted by atomic mass is 35.5. The first-order valence-electron chi connectivity index (χ1n) is 14.1. The van der Waals surface area contributed by atoms with Crippen molar-refractivity contribution in [3.63, 3.8) is 0 Å². The molecule has 1 saturated heterocycles. The molecule has 2 aromatic carbocycles. The third-order valence-corrected chi connectivity index (χ3v) is 9.11. The maximum absolute atomic E-state index is 15.3. The Kier molecular flexibility index (Phi) is 8.22. The van der Waals surface area contributed by atoms with Gasteiger partial charge in [-0.05, 0) is 62.6 Å². The molecule has 4 N–H and O–H groups in total. The molecular weight excluding hydrogens is 578 g/mol. The Morgan fingerprint density at radius 3 is 2.36 bits per heavy atom. The number of para-hydroxylation sites is 1. The maximum atomic E-state index is 15.3. The predicted octanol–water partition coefficient (Wildman–Crippen LogP) is 6.50. The number of carbonyl (C=O) groups is 1. The first-order valence-corrected chi connectivity index (χ1v) is 14.9. The second-order valence-corrected chi connectivity index (χ2v) is 11.9. The van der Waals surface area contributed by atoms with Gasteiger partial charge in [0.25, 0.3) is 0 Å². The Balaban J connectivity index is 1.21. The van der Waals surface area contributed by atoms with Crippen molar-refractivity contribution in [1.29, 1.82) is 0 Å². The number of piperazine rings is 1. The van der Waals surface area contributed by atoms with Gasteiger partial charge in [-0.15, -0.1) is 0 Å². The number of nitrogens with two attached hydrogens (primary N) is 1. The summed E-state index contributed by atoms with van der Waals surface area (Å²) in [5.74, 6) is -0.254. The van der Waals surface area contributed by atoms with E-state index in [-0.39, 0.29) is 27.5 Å². The number of aromatic nitrogens is 3. The fraction of sp³-hybridized carbons (Fsp3) is 0.367. The predicted molar refractivity (Wildman–Crippen MR) is 167 cm³/mol. The van der Waals surface area contributed by atoms with E-state index < -0.39 is 11.8 Å². The van der Waals surface area contributed by atoms with Crippen LogP contribution in [0.1, 0.15) is 31.7 Å². The van der Waals surface area contributed by atoms with Crippen LogP contribution in [0.4, 0.5) is 26.4 Å². The molecule has 0 radical (unpaired) electrons. The Morgan fingerprint density at radius 2 is 1.67 bits per heavy atom. The number of nitrogen functional groups attached to an aromatic ring is 1. The van der Waals surface area contributed by atoms with Crippen molar-refractivity contribution in [3.8, 4) is 11.1 Å². The van der Waals surface area contributed by atoms with Crippen LogP contribution >= 0.6 is 23.2 Å². The average Bonchev–Trinajstić information content (AvgIpc) is 3.38. The minimum atomic E-state index is -0.668. The first-order chi connectivity index (χ1) is 20.3. The fourth-order valence-corrected chi connectivity index (χ4v) is 6.65. The van der Waals surface area contributed by atoms with Gasteiger partial charge in [0.2, 0.25) is 0 Å². The topological polar surface area (TPSA) is 104 Å². The molecule has 0 spiro atoms. The summed E-state index contributed by atoms with van der Waals surface area (Å²) in [6, 6.07) is 9.72. The Bertz CT molecular complexity index is 1590. The molecule has 1 aliphatic heterocycles. The number of halogens is 3. The molecule has 2 fully saturated rings. The van der Waals surface area contributed by atoms with Crippen molar-refractivity contribution in [2.45, 2.75) is 37.8 Å². The van der Waals surface area contributed by atoms with Gasteiger partial charge in [0.05, 0.1) is 26.8 Å². The van der Waals surface area contributed by atoms with E-state index >= 15 is 4.39 Å². The van der Waals surface area contributed by atoms with Crippen molar-refractivity contribution in [1.82, 2.24) is 24.3 Å². The van der Waals surface area contributed by atoms with Gasteiger partial charge in [0.1, 0.15) is 23.6 Å². The molecule has 3 heterocycles. The van der Waals surface area contributed by atoms with Crippen molar-refractivity contribution in [2.75, 3.05) is 49.6 Å². The lowest BCUT2D eigenvalue weighted by atomic mass is 9.89. The number of nitrogens with one attached hydrogen (secondary N) is 2. The molecule has 12 heteroatoms. The van der Waals surface area contributed by atoms with E-state index in [1.54, 1.807) is 24.3 Å². The maximum Gasteiger partial charge on any atom is 0.323 e. The minimum absolute atomic E-state index is 0.00890. The minimum Gasteiger partial charge on any atom is -0.383 e. The summed E-state index contributed by atoms with van der Waals surface area (Å²) in [7, 11) is 2.18. The number of benzene rings is 2. The van der Waals surface area contributed by atoms with Gasteiger partial charge >= 0.3 is 6.03 Å². The van der Waals surface area contributed by atoms with Gasteiger partial charge < -0.3 is 25.8 Å². The molecule has 42 heavy (non-hydrogen) atoms. The lowest BCUT2D eigenvalue weighted by Crippen LogP contribution is -2.49. The smallest absolute Gasteiger partial charge is 0.323 e. The lowest BCUT2D eigenvalue weighted by Gasteiger charge is -2.41. The Hall–Kier alpha value is -3.44. The Morgan fingerprint density at radius 1 is 0.976 bits per heavy atom. The van der Waals surface area contributed by atoms with Crippen molar-refractivity contribution < 1.29 is 9.18 Å². The molecule has 4 aromatic rings. The quantitative estimate of drug-likeness (QED) is 0.238. The number of hydrogen-bond acceptors (Lipinski definition) is 6. The number of fused-ring (bicyclic) bond motifs is 1. The van der Waals surface area contributed by atoms with Gasteiger partial charge in [-0.1, -0.05) is 35.3 Å². The summed E-state index contributed by atoms with van der Waals surface area (Å²) in [6.07, 6.45) is 7.81. The molecule has 9 nitrogen and oxygen atoms in total. The van der Waals surface area contributed by atoms with E-state index in [4.69, 9.17) is 28.9 Å². The summed E-state index contributed by atoms with van der Waals surface area (Å²) in [6.45, 7) is 4.48. The van der Waals surface area contributed by atoms with Crippen molar-refractivity contribution >= 4 is 57.5 Å². The SMILES string of the molecule is CN1CCN(C2CCC(n3cc(-c4ccc(NC(=O)Nc5c(Cl)cccc5Cl)c(F)c4)c4c(N)ncnc43)CC2)CC1. The first kappa shape index (κ1) is 28.7. The van der Waals surface area contributed by atoms with E-state index in [2.05, 4.69) is 42.0 Å². The van der Waals surface area contributed by atoms with Crippen LogP contribution in [0.2, 0.25) is 10.0 Å². The molecule has 1 aliphatic carbocycles. The normalized spacial score (nSPS) is 20.1. The van der Waals surface area contributed by atoms with Crippen LogP contribution in [0.3, 0.4) is 0 Å². The zero-order valence-corrected chi connectivity index (χ0v) is 24.8. The van der Waals surface area contributed by atoms with E-state index in [0.717, 1.165) is 63.1 Å². The van der Waals surface area contributed by atoms with Gasteiger partial charge in [-0.3, -0.25) is 4.90 Å². The molecule has 6 rings (SSSR count). The van der Waals surface area contributed by atoms with Crippen molar-refractivity contribution in [2.24, 2.45) is 0 Å².